The van der Waals surface area contributed by atoms with Crippen LogP contribution < -0.4 is 5.73 Å². The van der Waals surface area contributed by atoms with Crippen LogP contribution in [0, 0.1) is 0 Å². The highest BCUT2D eigenvalue weighted by Crippen LogP contribution is 2.41. The van der Waals surface area contributed by atoms with E-state index in [1.165, 1.54) is 6.20 Å². The Kier molecular flexibility index (Phi) is 3.47. The summed E-state index contributed by atoms with van der Waals surface area (Å²) in [6.07, 6.45) is 1.49. The van der Waals surface area contributed by atoms with Crippen LogP contribution in [0.25, 0.3) is 10.9 Å². The van der Waals surface area contributed by atoms with Gasteiger partial charge in [-0.15, -0.1) is 0 Å². The van der Waals surface area contributed by atoms with E-state index in [9.17, 15) is 14.7 Å². The van der Waals surface area contributed by atoms with Gasteiger partial charge in [-0.25, -0.2) is 0 Å². The molecule has 0 fully saturated rings. The minimum Gasteiger partial charge on any atom is -0.505 e. The highest BCUT2D eigenvalue weighted by molar-refractivity contribution is 9.10. The van der Waals surface area contributed by atoms with Crippen molar-refractivity contribution in [3.8, 4) is 5.75 Å². The number of fused-ring (bicyclic) bond motifs is 2. The second-order valence-electron chi connectivity index (χ2n) is 5.74. The third kappa shape index (κ3) is 2.27. The van der Waals surface area contributed by atoms with E-state index >= 15 is 0 Å². The molecule has 0 radical (unpaired) electrons. The van der Waals surface area contributed by atoms with Crippen LogP contribution in [0.2, 0.25) is 0 Å². The number of pyridine rings is 1. The Morgan fingerprint density at radius 2 is 1.88 bits per heavy atom. The number of nitrogens with zero attached hydrogens (tertiary/aromatic N) is 2. The molecule has 3 N–H and O–H groups in total. The number of anilines is 1. The highest BCUT2D eigenvalue weighted by atomic mass is 79.9. The number of rotatable bonds is 2. The number of imide groups is 1. The average molecular weight is 398 g/mol. The summed E-state index contributed by atoms with van der Waals surface area (Å²) in [5.41, 5.74) is 7.23. The van der Waals surface area contributed by atoms with Gasteiger partial charge < -0.3 is 10.8 Å². The summed E-state index contributed by atoms with van der Waals surface area (Å²) in [7, 11) is 0. The number of aromatic hydroxyl groups is 1. The van der Waals surface area contributed by atoms with Crippen molar-refractivity contribution in [3.05, 3.63) is 63.8 Å². The number of aromatic nitrogens is 1. The van der Waals surface area contributed by atoms with Crippen LogP contribution in [0.5, 0.6) is 5.75 Å². The molecule has 25 heavy (non-hydrogen) atoms. The summed E-state index contributed by atoms with van der Waals surface area (Å²) in [4.78, 5) is 30.7. The van der Waals surface area contributed by atoms with Crippen molar-refractivity contribution in [3.63, 3.8) is 0 Å². The summed E-state index contributed by atoms with van der Waals surface area (Å²) in [5, 5.41) is 10.9. The second kappa shape index (κ2) is 5.56. The second-order valence-corrected chi connectivity index (χ2v) is 6.65. The Morgan fingerprint density at radius 3 is 2.64 bits per heavy atom. The monoisotopic (exact) mass is 397 g/mol. The Hall–Kier alpha value is -2.93. The molecule has 3 aromatic rings. The van der Waals surface area contributed by atoms with Crippen LogP contribution in [-0.4, -0.2) is 26.8 Å². The number of hydrogen-bond acceptors (Lipinski definition) is 5. The van der Waals surface area contributed by atoms with Gasteiger partial charge >= 0.3 is 0 Å². The lowest BCUT2D eigenvalue weighted by Gasteiger charge is -2.14. The fraction of sp³-hybridized carbons (Fsp3) is 0.0556. The normalized spacial score (nSPS) is 13.6. The molecule has 2 heterocycles. The van der Waals surface area contributed by atoms with Crippen molar-refractivity contribution in [1.29, 1.82) is 0 Å². The quantitative estimate of drug-likeness (QED) is 0.393. The van der Waals surface area contributed by atoms with Gasteiger partial charge in [-0.2, -0.15) is 0 Å². The van der Waals surface area contributed by atoms with Crippen LogP contribution >= 0.6 is 15.9 Å². The van der Waals surface area contributed by atoms with Gasteiger partial charge in [0.05, 0.1) is 23.4 Å². The molecule has 0 bridgehead atoms. The number of amides is 2. The van der Waals surface area contributed by atoms with Crippen molar-refractivity contribution in [2.24, 2.45) is 0 Å². The first-order valence-electron chi connectivity index (χ1n) is 7.49. The molecule has 124 valence electrons. The SMILES string of the molecule is Nc1c2c(c(O)c3ncccc13)C(=O)N(Cc1cccc(Br)c1)C2=O. The van der Waals surface area contributed by atoms with Crippen LogP contribution in [0.1, 0.15) is 26.3 Å². The standard InChI is InChI=1S/C18H12BrN3O3/c19-10-4-1-3-9(7-10)8-22-17(24)12-13(18(22)25)16(23)15-11(14(12)20)5-2-6-21-15/h1-7,23H,8,20H2. The zero-order chi connectivity index (χ0) is 17.7. The maximum atomic E-state index is 12.8. The van der Waals surface area contributed by atoms with Gasteiger partial charge in [-0.05, 0) is 29.8 Å². The maximum Gasteiger partial charge on any atom is 0.265 e. The summed E-state index contributed by atoms with van der Waals surface area (Å²) in [5.74, 6) is -1.40. The molecule has 4 rings (SSSR count). The Bertz CT molecular complexity index is 1000. The number of nitrogen functional groups attached to an aromatic ring is 1. The lowest BCUT2D eigenvalue weighted by atomic mass is 10.0. The van der Waals surface area contributed by atoms with E-state index < -0.39 is 11.8 Å². The number of halogens is 1. The van der Waals surface area contributed by atoms with Gasteiger partial charge in [0.1, 0.15) is 5.52 Å². The van der Waals surface area contributed by atoms with Crippen molar-refractivity contribution in [2.75, 3.05) is 5.73 Å². The van der Waals surface area contributed by atoms with Gasteiger partial charge in [-0.1, -0.05) is 28.1 Å². The molecule has 0 aliphatic carbocycles. The molecule has 0 saturated heterocycles. The fourth-order valence-corrected chi connectivity index (χ4v) is 3.52. The molecule has 6 nitrogen and oxygen atoms in total. The number of hydrogen-bond donors (Lipinski definition) is 2. The molecule has 0 spiro atoms. The van der Waals surface area contributed by atoms with Gasteiger partial charge in [-0.3, -0.25) is 19.5 Å². The van der Waals surface area contributed by atoms with E-state index in [1.54, 1.807) is 12.1 Å². The van der Waals surface area contributed by atoms with Gasteiger partial charge in [0.15, 0.2) is 5.75 Å². The van der Waals surface area contributed by atoms with E-state index in [-0.39, 0.29) is 34.6 Å². The molecule has 1 aromatic heterocycles. The molecular formula is C18H12BrN3O3. The van der Waals surface area contributed by atoms with Gasteiger partial charge in [0.25, 0.3) is 11.8 Å². The van der Waals surface area contributed by atoms with Gasteiger partial charge in [0, 0.05) is 16.1 Å². The summed E-state index contributed by atoms with van der Waals surface area (Å²) >= 11 is 3.37. The Balaban J connectivity index is 1.86. The van der Waals surface area contributed by atoms with Gasteiger partial charge in [0.2, 0.25) is 0 Å². The lowest BCUT2D eigenvalue weighted by Crippen LogP contribution is -2.29. The van der Waals surface area contributed by atoms with Crippen molar-refractivity contribution in [2.45, 2.75) is 6.54 Å². The van der Waals surface area contributed by atoms with E-state index in [0.29, 0.717) is 5.39 Å². The fourth-order valence-electron chi connectivity index (χ4n) is 3.07. The molecule has 1 aliphatic heterocycles. The summed E-state index contributed by atoms with van der Waals surface area (Å²) in [6.45, 7) is 0.0917. The number of carbonyl (C=O) groups is 2. The topological polar surface area (TPSA) is 96.5 Å². The predicted octanol–water partition coefficient (Wildman–Crippen LogP) is 3.08. The lowest BCUT2D eigenvalue weighted by molar-refractivity contribution is 0.0642. The van der Waals surface area contributed by atoms with Crippen LogP contribution in [0.3, 0.4) is 0 Å². The first kappa shape index (κ1) is 15.6. The smallest absolute Gasteiger partial charge is 0.265 e. The van der Waals surface area contributed by atoms with Crippen molar-refractivity contribution >= 4 is 44.3 Å². The molecule has 2 aromatic carbocycles. The Morgan fingerprint density at radius 1 is 1.12 bits per heavy atom. The average Bonchev–Trinajstić information content (AvgIpc) is 2.85. The minimum absolute atomic E-state index is 0.0398. The first-order valence-corrected chi connectivity index (χ1v) is 8.28. The number of nitrogens with two attached hydrogens (primary N) is 1. The van der Waals surface area contributed by atoms with E-state index in [4.69, 9.17) is 5.73 Å². The third-order valence-electron chi connectivity index (χ3n) is 4.23. The molecule has 0 unspecified atom stereocenters. The summed E-state index contributed by atoms with van der Waals surface area (Å²) < 4.78 is 0.846. The molecule has 7 heteroatoms. The molecule has 0 saturated carbocycles. The molecule has 2 amide bonds. The molecule has 1 aliphatic rings. The van der Waals surface area contributed by atoms with Crippen molar-refractivity contribution in [1.82, 2.24) is 9.88 Å². The number of phenolic OH excluding ortho intramolecular Hbond substituents is 1. The molecular weight excluding hydrogens is 386 g/mol. The van der Waals surface area contributed by atoms with E-state index in [2.05, 4.69) is 20.9 Å². The minimum atomic E-state index is -0.572. The highest BCUT2D eigenvalue weighted by Gasteiger charge is 2.41. The van der Waals surface area contributed by atoms with Crippen LogP contribution in [-0.2, 0) is 6.54 Å². The predicted molar refractivity (Wildman–Crippen MR) is 96.2 cm³/mol. The third-order valence-corrected chi connectivity index (χ3v) is 4.72. The Labute approximate surface area is 151 Å². The van der Waals surface area contributed by atoms with Crippen LogP contribution in [0.4, 0.5) is 5.69 Å². The first-order chi connectivity index (χ1) is 12.0. The number of phenols is 1. The van der Waals surface area contributed by atoms with Crippen LogP contribution in [0.15, 0.2) is 47.1 Å². The van der Waals surface area contributed by atoms with E-state index in [0.717, 1.165) is 14.9 Å². The van der Waals surface area contributed by atoms with Crippen molar-refractivity contribution < 1.29 is 14.7 Å². The summed E-state index contributed by atoms with van der Waals surface area (Å²) in [6, 6.07) is 10.6. The number of benzene rings is 2. The zero-order valence-corrected chi connectivity index (χ0v) is 14.4. The maximum absolute atomic E-state index is 12.8. The van der Waals surface area contributed by atoms with E-state index in [1.807, 2.05) is 24.3 Å². The largest absolute Gasteiger partial charge is 0.505 e. The number of carbonyl (C=O) groups excluding carboxylic acids is 2. The molecule has 0 atom stereocenters. The zero-order valence-electron chi connectivity index (χ0n) is 12.9.